The Hall–Kier alpha value is -0.720. The summed E-state index contributed by atoms with van der Waals surface area (Å²) >= 11 is 0. The van der Waals surface area contributed by atoms with Crippen LogP contribution in [0.4, 0.5) is 0 Å². The van der Waals surface area contributed by atoms with Gasteiger partial charge in [-0.3, -0.25) is 0 Å². The highest BCUT2D eigenvalue weighted by Gasteiger charge is 1.41. The lowest BCUT2D eigenvalue weighted by Gasteiger charge is -1.69. The molecule has 0 saturated carbocycles. The SMILES string of the molecule is C=C=CN[NH]. The normalized spacial score (nSPS) is 5.00. The van der Waals surface area contributed by atoms with Gasteiger partial charge in [0.25, 0.3) is 0 Å². The molecular weight excluding hydrogens is 64.0 g/mol. The second kappa shape index (κ2) is 3.28. The van der Waals surface area contributed by atoms with Crippen LogP contribution in [0, 0.1) is 0 Å². The van der Waals surface area contributed by atoms with Crippen LogP contribution in [0.25, 0.3) is 0 Å². The van der Waals surface area contributed by atoms with Gasteiger partial charge >= 0.3 is 0 Å². The fourth-order valence-corrected chi connectivity index (χ4v) is 0.0510. The first-order chi connectivity index (χ1) is 2.41. The van der Waals surface area contributed by atoms with Crippen LogP contribution in [0.1, 0.15) is 0 Å². The molecule has 0 aromatic carbocycles. The van der Waals surface area contributed by atoms with E-state index in [1.165, 1.54) is 6.20 Å². The smallest absolute Gasteiger partial charge is 0.0552 e. The Morgan fingerprint density at radius 2 is 2.60 bits per heavy atom. The molecule has 0 atom stereocenters. The molecule has 0 rings (SSSR count). The van der Waals surface area contributed by atoms with Crippen molar-refractivity contribution in [3.8, 4) is 0 Å². The van der Waals surface area contributed by atoms with Gasteiger partial charge in [0.15, 0.2) is 0 Å². The fourth-order valence-electron chi connectivity index (χ4n) is 0.0510. The molecule has 0 aliphatic carbocycles. The van der Waals surface area contributed by atoms with Crippen LogP contribution in [-0.4, -0.2) is 0 Å². The van der Waals surface area contributed by atoms with Gasteiger partial charge in [-0.25, -0.2) is 0 Å². The van der Waals surface area contributed by atoms with Crippen molar-refractivity contribution < 1.29 is 0 Å². The largest absolute Gasteiger partial charge is 0.306 e. The third-order valence-electron chi connectivity index (χ3n) is 0.174. The minimum absolute atomic E-state index is 1.31. The molecule has 0 fully saturated rings. The molecule has 2 heteroatoms. The third-order valence-corrected chi connectivity index (χ3v) is 0.174. The molecule has 0 heterocycles. The van der Waals surface area contributed by atoms with Crippen LogP contribution >= 0.6 is 0 Å². The summed E-state index contributed by atoms with van der Waals surface area (Å²) in [4.78, 5) is 0. The van der Waals surface area contributed by atoms with E-state index in [0.717, 1.165) is 0 Å². The van der Waals surface area contributed by atoms with Crippen molar-refractivity contribution in [3.63, 3.8) is 0 Å². The lowest BCUT2D eigenvalue weighted by atomic mass is 10.9. The molecule has 0 spiro atoms. The highest BCUT2D eigenvalue weighted by atomic mass is 15.2. The van der Waals surface area contributed by atoms with E-state index in [1.54, 1.807) is 0 Å². The third kappa shape index (κ3) is 3.28. The Balaban J connectivity index is 2.93. The Bertz CT molecular complexity index is 51.9. The molecule has 0 aromatic heterocycles. The molecule has 5 heavy (non-hydrogen) atoms. The van der Waals surface area contributed by atoms with E-state index in [9.17, 15) is 0 Å². The first-order valence-corrected chi connectivity index (χ1v) is 1.18. The highest BCUT2D eigenvalue weighted by molar-refractivity contribution is 4.67. The Morgan fingerprint density at radius 3 is 2.60 bits per heavy atom. The van der Waals surface area contributed by atoms with E-state index >= 15 is 0 Å². The van der Waals surface area contributed by atoms with Crippen molar-refractivity contribution in [2.75, 3.05) is 0 Å². The number of nitrogens with one attached hydrogen (secondary N) is 2. The standard InChI is InChI=1S/C3H5N2/c1-2-3-5-4/h3-5H,1H2. The lowest BCUT2D eigenvalue weighted by Crippen LogP contribution is -1.94. The first-order valence-electron chi connectivity index (χ1n) is 1.18. The monoisotopic (exact) mass is 69.0 g/mol. The molecule has 0 aliphatic heterocycles. The minimum atomic E-state index is 1.31. The molecule has 0 aliphatic rings. The summed E-state index contributed by atoms with van der Waals surface area (Å²) in [5, 5.41) is 0. The summed E-state index contributed by atoms with van der Waals surface area (Å²) < 4.78 is 0. The van der Waals surface area contributed by atoms with E-state index in [2.05, 4.69) is 12.3 Å². The quantitative estimate of drug-likeness (QED) is 0.343. The number of hydrogen-bond acceptors (Lipinski definition) is 1. The Morgan fingerprint density at radius 1 is 2.00 bits per heavy atom. The predicted molar refractivity (Wildman–Crippen MR) is 19.9 cm³/mol. The summed E-state index contributed by atoms with van der Waals surface area (Å²) in [6, 6.07) is 0. The molecule has 2 nitrogen and oxygen atoms in total. The van der Waals surface area contributed by atoms with Gasteiger partial charge in [-0.15, -0.1) is 5.73 Å². The van der Waals surface area contributed by atoms with Crippen molar-refractivity contribution in [3.05, 3.63) is 18.5 Å². The van der Waals surface area contributed by atoms with Crippen LogP contribution in [0.15, 0.2) is 18.5 Å². The zero-order valence-corrected chi connectivity index (χ0v) is 2.78. The second-order valence-corrected chi connectivity index (χ2v) is 0.493. The van der Waals surface area contributed by atoms with E-state index in [-0.39, 0.29) is 0 Å². The van der Waals surface area contributed by atoms with Crippen LogP contribution < -0.4 is 11.3 Å². The van der Waals surface area contributed by atoms with E-state index in [4.69, 9.17) is 5.84 Å². The van der Waals surface area contributed by atoms with Gasteiger partial charge in [-0.1, -0.05) is 6.58 Å². The maximum Gasteiger partial charge on any atom is 0.0552 e. The Labute approximate surface area is 30.9 Å². The van der Waals surface area contributed by atoms with Crippen LogP contribution in [0.3, 0.4) is 0 Å². The highest BCUT2D eigenvalue weighted by Crippen LogP contribution is 1.39. The second-order valence-electron chi connectivity index (χ2n) is 0.493. The zero-order chi connectivity index (χ0) is 4.12. The molecule has 0 saturated heterocycles. The first kappa shape index (κ1) is 4.28. The van der Waals surface area contributed by atoms with Crippen molar-refractivity contribution in [2.45, 2.75) is 0 Å². The summed E-state index contributed by atoms with van der Waals surface area (Å²) in [5.41, 5.74) is 4.31. The van der Waals surface area contributed by atoms with Gasteiger partial charge in [-0.2, -0.15) is 5.84 Å². The number of rotatable bonds is 1. The zero-order valence-electron chi connectivity index (χ0n) is 2.78. The molecule has 0 unspecified atom stereocenters. The summed E-state index contributed by atoms with van der Waals surface area (Å²) in [7, 11) is 0. The maximum absolute atomic E-state index is 6.19. The lowest BCUT2D eigenvalue weighted by molar-refractivity contribution is 0.926. The predicted octanol–water partition coefficient (Wildman–Crippen LogP) is 0.0725. The molecule has 0 aromatic rings. The van der Waals surface area contributed by atoms with Gasteiger partial charge in [0, 0.05) is 0 Å². The van der Waals surface area contributed by atoms with Gasteiger partial charge < -0.3 is 5.43 Å². The summed E-state index contributed by atoms with van der Waals surface area (Å²) in [6.07, 6.45) is 1.31. The molecular formula is C3H5N2. The van der Waals surface area contributed by atoms with Crippen molar-refractivity contribution in [1.82, 2.24) is 11.3 Å². The fraction of sp³-hybridized carbons (Fsp3) is 0. The number of hydrogen-bond donors (Lipinski definition) is 1. The van der Waals surface area contributed by atoms with Gasteiger partial charge in [0.2, 0.25) is 0 Å². The molecule has 1 radical (unpaired) electrons. The van der Waals surface area contributed by atoms with Gasteiger partial charge in [0.05, 0.1) is 6.20 Å². The molecule has 0 amide bonds. The average molecular weight is 69.1 g/mol. The van der Waals surface area contributed by atoms with Crippen LogP contribution in [-0.2, 0) is 0 Å². The molecule has 0 bridgehead atoms. The Kier molecular flexibility index (Phi) is 2.81. The van der Waals surface area contributed by atoms with Gasteiger partial charge in [-0.05, 0) is 0 Å². The van der Waals surface area contributed by atoms with Gasteiger partial charge in [0.1, 0.15) is 0 Å². The van der Waals surface area contributed by atoms with E-state index in [0.29, 0.717) is 0 Å². The van der Waals surface area contributed by atoms with E-state index in [1.807, 2.05) is 5.43 Å². The van der Waals surface area contributed by atoms with Crippen molar-refractivity contribution in [1.29, 1.82) is 0 Å². The summed E-state index contributed by atoms with van der Waals surface area (Å²) in [6.45, 7) is 3.19. The van der Waals surface area contributed by atoms with Crippen molar-refractivity contribution in [2.24, 2.45) is 0 Å². The van der Waals surface area contributed by atoms with E-state index < -0.39 is 0 Å². The van der Waals surface area contributed by atoms with Crippen LogP contribution in [0.5, 0.6) is 0 Å². The molecule has 27 valence electrons. The van der Waals surface area contributed by atoms with Crippen molar-refractivity contribution >= 4 is 0 Å². The maximum atomic E-state index is 6.19. The van der Waals surface area contributed by atoms with Crippen LogP contribution in [0.2, 0.25) is 0 Å². The topological polar surface area (TPSA) is 35.8 Å². The minimum Gasteiger partial charge on any atom is -0.306 e. The average Bonchev–Trinajstić information content (AvgIpc) is 1.41. The summed E-state index contributed by atoms with van der Waals surface area (Å²) in [5.74, 6) is 6.19. The molecule has 2 N–H and O–H groups in total.